The molecule has 0 aliphatic heterocycles. The van der Waals surface area contributed by atoms with Crippen LogP contribution in [0.5, 0.6) is 5.75 Å². The second-order valence-corrected chi connectivity index (χ2v) is 4.03. The van der Waals surface area contributed by atoms with Gasteiger partial charge in [-0.25, -0.2) is 0 Å². The monoisotopic (exact) mass is 235 g/mol. The highest BCUT2D eigenvalue weighted by atomic mass is 16.3. The Morgan fingerprint density at radius 2 is 1.94 bits per heavy atom. The molecule has 86 valence electrons. The predicted octanol–water partition coefficient (Wildman–Crippen LogP) is 3.68. The fourth-order valence-corrected chi connectivity index (χ4v) is 1.91. The lowest BCUT2D eigenvalue weighted by molar-refractivity contribution is 0.475. The molecule has 3 aromatic rings. The molecular weight excluding hydrogens is 226 g/mol. The third-order valence-electron chi connectivity index (χ3n) is 2.78. The highest BCUT2D eigenvalue weighted by Gasteiger charge is 2.07. The van der Waals surface area contributed by atoms with Gasteiger partial charge in [0.2, 0.25) is 0 Å². The molecule has 0 saturated carbocycles. The summed E-state index contributed by atoms with van der Waals surface area (Å²) in [5.74, 6) is 0.877. The van der Waals surface area contributed by atoms with Crippen molar-refractivity contribution >= 4 is 11.0 Å². The van der Waals surface area contributed by atoms with E-state index in [9.17, 15) is 5.11 Å². The van der Waals surface area contributed by atoms with Gasteiger partial charge in [0.05, 0.1) is 11.6 Å². The lowest BCUT2D eigenvalue weighted by Gasteiger charge is -1.96. The average molecular weight is 235 g/mol. The van der Waals surface area contributed by atoms with Crippen LogP contribution in [-0.2, 0) is 0 Å². The number of hydrogen-bond donors (Lipinski definition) is 1. The molecule has 3 nitrogen and oxygen atoms in total. The lowest BCUT2D eigenvalue weighted by Crippen LogP contribution is -1.71. The molecule has 18 heavy (non-hydrogen) atoms. The van der Waals surface area contributed by atoms with Crippen molar-refractivity contribution in [3.8, 4) is 23.1 Å². The highest BCUT2D eigenvalue weighted by Crippen LogP contribution is 2.29. The molecule has 1 heterocycles. The van der Waals surface area contributed by atoms with E-state index >= 15 is 0 Å². The van der Waals surface area contributed by atoms with Crippen molar-refractivity contribution < 1.29 is 9.52 Å². The SMILES string of the molecule is N#Cc1ccc2oc(-c3cccc(O)c3)cc2c1. The third kappa shape index (κ3) is 1.70. The Hall–Kier alpha value is -2.73. The summed E-state index contributed by atoms with van der Waals surface area (Å²) >= 11 is 0. The Bertz CT molecular complexity index is 766. The topological polar surface area (TPSA) is 57.2 Å². The van der Waals surface area contributed by atoms with Crippen molar-refractivity contribution in [2.75, 3.05) is 0 Å². The number of nitrogens with zero attached hydrogens (tertiary/aromatic N) is 1. The van der Waals surface area contributed by atoms with E-state index in [4.69, 9.17) is 9.68 Å². The van der Waals surface area contributed by atoms with E-state index in [0.717, 1.165) is 16.5 Å². The number of fused-ring (bicyclic) bond motifs is 1. The van der Waals surface area contributed by atoms with E-state index < -0.39 is 0 Å². The van der Waals surface area contributed by atoms with Crippen LogP contribution in [0.4, 0.5) is 0 Å². The summed E-state index contributed by atoms with van der Waals surface area (Å²) in [4.78, 5) is 0. The van der Waals surface area contributed by atoms with Crippen LogP contribution < -0.4 is 0 Å². The molecule has 3 rings (SSSR count). The van der Waals surface area contributed by atoms with Crippen LogP contribution >= 0.6 is 0 Å². The van der Waals surface area contributed by atoms with Gasteiger partial charge in [-0.15, -0.1) is 0 Å². The van der Waals surface area contributed by atoms with Crippen molar-refractivity contribution in [1.82, 2.24) is 0 Å². The molecular formula is C15H9NO2. The maximum Gasteiger partial charge on any atom is 0.135 e. The van der Waals surface area contributed by atoms with E-state index in [1.165, 1.54) is 0 Å². The molecule has 0 spiro atoms. The Kier molecular flexibility index (Phi) is 2.28. The number of aromatic hydroxyl groups is 1. The zero-order chi connectivity index (χ0) is 12.5. The molecule has 0 radical (unpaired) electrons. The molecule has 0 saturated heterocycles. The van der Waals surface area contributed by atoms with Crippen LogP contribution in [0.25, 0.3) is 22.3 Å². The maximum atomic E-state index is 9.45. The Balaban J connectivity index is 2.17. The van der Waals surface area contributed by atoms with Crippen molar-refractivity contribution in [3.63, 3.8) is 0 Å². The quantitative estimate of drug-likeness (QED) is 0.700. The van der Waals surface area contributed by atoms with Crippen LogP contribution in [0.3, 0.4) is 0 Å². The minimum Gasteiger partial charge on any atom is -0.508 e. The van der Waals surface area contributed by atoms with E-state index in [2.05, 4.69) is 6.07 Å². The standard InChI is InChI=1S/C15H9NO2/c16-9-10-4-5-14-12(6-10)8-15(18-14)11-2-1-3-13(17)7-11/h1-8,17H. The molecule has 3 heteroatoms. The normalized spacial score (nSPS) is 10.4. The first-order valence-electron chi connectivity index (χ1n) is 5.49. The van der Waals surface area contributed by atoms with Crippen LogP contribution in [0.15, 0.2) is 52.9 Å². The zero-order valence-corrected chi connectivity index (χ0v) is 9.42. The largest absolute Gasteiger partial charge is 0.508 e. The summed E-state index contributed by atoms with van der Waals surface area (Å²) in [5.41, 5.74) is 2.14. The first-order valence-corrected chi connectivity index (χ1v) is 5.49. The summed E-state index contributed by atoms with van der Waals surface area (Å²) < 4.78 is 5.69. The molecule has 0 amide bonds. The molecule has 0 fully saturated rings. The van der Waals surface area contributed by atoms with E-state index in [-0.39, 0.29) is 5.75 Å². The average Bonchev–Trinajstić information content (AvgIpc) is 2.81. The van der Waals surface area contributed by atoms with Gasteiger partial charge in [0, 0.05) is 10.9 Å². The minimum absolute atomic E-state index is 0.200. The lowest BCUT2D eigenvalue weighted by atomic mass is 10.1. The molecule has 2 aromatic carbocycles. The number of phenolic OH excluding ortho intramolecular Hbond substituents is 1. The van der Waals surface area contributed by atoms with Crippen molar-refractivity contribution in [1.29, 1.82) is 5.26 Å². The molecule has 0 aliphatic rings. The zero-order valence-electron chi connectivity index (χ0n) is 9.42. The number of hydrogen-bond acceptors (Lipinski definition) is 3. The second kappa shape index (κ2) is 3.94. The number of benzene rings is 2. The van der Waals surface area contributed by atoms with E-state index in [1.54, 1.807) is 36.4 Å². The van der Waals surface area contributed by atoms with Crippen molar-refractivity contribution in [2.24, 2.45) is 0 Å². The second-order valence-electron chi connectivity index (χ2n) is 4.03. The number of rotatable bonds is 1. The molecule has 1 aromatic heterocycles. The van der Waals surface area contributed by atoms with Gasteiger partial charge in [-0.1, -0.05) is 12.1 Å². The molecule has 0 bridgehead atoms. The molecule has 1 N–H and O–H groups in total. The van der Waals surface area contributed by atoms with Gasteiger partial charge < -0.3 is 9.52 Å². The predicted molar refractivity (Wildman–Crippen MR) is 68.0 cm³/mol. The van der Waals surface area contributed by atoms with Gasteiger partial charge in [0.15, 0.2) is 0 Å². The molecule has 0 atom stereocenters. The Morgan fingerprint density at radius 1 is 1.06 bits per heavy atom. The fourth-order valence-electron chi connectivity index (χ4n) is 1.91. The minimum atomic E-state index is 0.200. The molecule has 0 aliphatic carbocycles. The smallest absolute Gasteiger partial charge is 0.135 e. The first kappa shape index (κ1) is 10.4. The Morgan fingerprint density at radius 3 is 2.72 bits per heavy atom. The van der Waals surface area contributed by atoms with Crippen molar-refractivity contribution in [3.05, 3.63) is 54.1 Å². The molecule has 0 unspecified atom stereocenters. The number of nitriles is 1. The number of furan rings is 1. The highest BCUT2D eigenvalue weighted by molar-refractivity contribution is 5.84. The van der Waals surface area contributed by atoms with Gasteiger partial charge in [-0.05, 0) is 36.4 Å². The van der Waals surface area contributed by atoms with Gasteiger partial charge in [0.25, 0.3) is 0 Å². The summed E-state index contributed by atoms with van der Waals surface area (Å²) in [6.45, 7) is 0. The van der Waals surface area contributed by atoms with Crippen molar-refractivity contribution in [2.45, 2.75) is 0 Å². The van der Waals surface area contributed by atoms with Gasteiger partial charge in [0.1, 0.15) is 17.1 Å². The Labute approximate surface area is 104 Å². The maximum absolute atomic E-state index is 9.45. The third-order valence-corrected chi connectivity index (χ3v) is 2.78. The van der Waals surface area contributed by atoms with Crippen LogP contribution in [-0.4, -0.2) is 5.11 Å². The van der Waals surface area contributed by atoms with Gasteiger partial charge in [-0.3, -0.25) is 0 Å². The van der Waals surface area contributed by atoms with Crippen LogP contribution in [0.1, 0.15) is 5.56 Å². The van der Waals surface area contributed by atoms with E-state index in [0.29, 0.717) is 11.3 Å². The van der Waals surface area contributed by atoms with Crippen LogP contribution in [0.2, 0.25) is 0 Å². The van der Waals surface area contributed by atoms with E-state index in [1.807, 2.05) is 12.1 Å². The summed E-state index contributed by atoms with van der Waals surface area (Å²) in [6, 6.07) is 16.1. The first-order chi connectivity index (χ1) is 8.76. The van der Waals surface area contributed by atoms with Gasteiger partial charge in [-0.2, -0.15) is 5.26 Å². The summed E-state index contributed by atoms with van der Waals surface area (Å²) in [6.07, 6.45) is 0. The summed E-state index contributed by atoms with van der Waals surface area (Å²) in [7, 11) is 0. The fraction of sp³-hybridized carbons (Fsp3) is 0. The van der Waals surface area contributed by atoms with Crippen LogP contribution in [0, 0.1) is 11.3 Å². The summed E-state index contributed by atoms with van der Waals surface area (Å²) in [5, 5.41) is 19.2. The number of phenols is 1. The van der Waals surface area contributed by atoms with Gasteiger partial charge >= 0.3 is 0 Å².